The first-order valence-corrected chi connectivity index (χ1v) is 7.42. The van der Waals surface area contributed by atoms with Gasteiger partial charge in [-0.15, -0.1) is 0 Å². The van der Waals surface area contributed by atoms with Crippen molar-refractivity contribution in [1.82, 2.24) is 0 Å². The fourth-order valence-corrected chi connectivity index (χ4v) is 3.36. The molecule has 1 atom stereocenters. The van der Waals surface area contributed by atoms with Gasteiger partial charge in [-0.1, -0.05) is 42.6 Å². The monoisotopic (exact) mass is 366 g/mol. The van der Waals surface area contributed by atoms with Crippen LogP contribution in [0.2, 0.25) is 0 Å². The third kappa shape index (κ3) is 3.44. The van der Waals surface area contributed by atoms with E-state index in [1.54, 1.807) is 13.2 Å². The molecule has 0 saturated carbocycles. The van der Waals surface area contributed by atoms with Crippen LogP contribution in [-0.4, -0.2) is 7.11 Å². The van der Waals surface area contributed by atoms with Gasteiger partial charge in [0, 0.05) is 16.5 Å². The second-order valence-corrected chi connectivity index (χ2v) is 5.83. The van der Waals surface area contributed by atoms with Crippen LogP contribution in [0.1, 0.15) is 37.1 Å². The van der Waals surface area contributed by atoms with E-state index in [1.165, 1.54) is 6.07 Å². The molecule has 0 saturated heterocycles. The lowest BCUT2D eigenvalue weighted by molar-refractivity contribution is 0.396. The van der Waals surface area contributed by atoms with Gasteiger partial charge in [0.2, 0.25) is 0 Å². The molecule has 0 N–H and O–H groups in total. The highest BCUT2D eigenvalue weighted by Crippen LogP contribution is 2.41. The van der Waals surface area contributed by atoms with Crippen LogP contribution in [0.3, 0.4) is 0 Å². The quantitative estimate of drug-likeness (QED) is 0.627. The molecule has 0 aliphatic heterocycles. The minimum atomic E-state index is -0.296. The van der Waals surface area contributed by atoms with Gasteiger partial charge >= 0.3 is 0 Å². The Labute approximate surface area is 119 Å². The third-order valence-corrected chi connectivity index (χ3v) is 4.88. The summed E-state index contributed by atoms with van der Waals surface area (Å²) in [6, 6.07) is 3.22. The highest BCUT2D eigenvalue weighted by Gasteiger charge is 2.22. The lowest BCUT2D eigenvalue weighted by Crippen LogP contribution is -2.07. The van der Waals surface area contributed by atoms with Crippen molar-refractivity contribution in [1.29, 1.82) is 0 Å². The number of rotatable bonds is 5. The third-order valence-electron chi connectivity index (χ3n) is 3.03. The summed E-state index contributed by atoms with van der Waals surface area (Å²) in [5.74, 6) is 0.815. The largest absolute Gasteiger partial charge is 0.496 e. The first-order chi connectivity index (χ1) is 8.04. The van der Waals surface area contributed by atoms with Gasteiger partial charge in [-0.2, -0.15) is 0 Å². The molecular weight excluding hydrogens is 351 g/mol. The molecule has 1 nitrogen and oxygen atoms in total. The van der Waals surface area contributed by atoms with Crippen molar-refractivity contribution < 1.29 is 9.13 Å². The smallest absolute Gasteiger partial charge is 0.141 e. The average molecular weight is 368 g/mol. The van der Waals surface area contributed by atoms with Gasteiger partial charge in [0.05, 0.1) is 11.6 Å². The Kier molecular flexibility index (Phi) is 5.93. The first-order valence-electron chi connectivity index (χ1n) is 5.72. The lowest BCUT2D eigenvalue weighted by Gasteiger charge is -2.22. The van der Waals surface area contributed by atoms with Crippen LogP contribution in [0, 0.1) is 11.7 Å². The van der Waals surface area contributed by atoms with Gasteiger partial charge in [0.1, 0.15) is 11.6 Å². The van der Waals surface area contributed by atoms with Crippen molar-refractivity contribution in [2.24, 2.45) is 5.92 Å². The Bertz CT molecular complexity index is 378. The van der Waals surface area contributed by atoms with Crippen LogP contribution in [0.4, 0.5) is 4.39 Å². The molecule has 4 heteroatoms. The fraction of sp³-hybridized carbons (Fsp3) is 0.538. The van der Waals surface area contributed by atoms with Crippen molar-refractivity contribution in [2.75, 3.05) is 7.11 Å². The van der Waals surface area contributed by atoms with E-state index in [2.05, 4.69) is 45.7 Å². The van der Waals surface area contributed by atoms with Crippen molar-refractivity contribution in [3.8, 4) is 5.75 Å². The fourth-order valence-electron chi connectivity index (χ4n) is 1.89. The molecule has 96 valence electrons. The van der Waals surface area contributed by atoms with Crippen LogP contribution in [0.25, 0.3) is 0 Å². The summed E-state index contributed by atoms with van der Waals surface area (Å²) in [4.78, 5) is 0.185. The van der Waals surface area contributed by atoms with Crippen LogP contribution in [0.15, 0.2) is 16.6 Å². The number of alkyl halides is 1. The normalized spacial score (nSPS) is 12.9. The summed E-state index contributed by atoms with van der Waals surface area (Å²) in [5.41, 5.74) is 0.995. The summed E-state index contributed by atoms with van der Waals surface area (Å²) in [6.45, 7) is 4.32. The number of halogens is 3. The molecule has 0 spiro atoms. The Hall–Kier alpha value is -0.0900. The molecule has 0 fully saturated rings. The highest BCUT2D eigenvalue weighted by molar-refractivity contribution is 9.10. The predicted molar refractivity (Wildman–Crippen MR) is 76.4 cm³/mol. The molecule has 1 aromatic rings. The molecule has 0 aliphatic rings. The Morgan fingerprint density at radius 2 is 1.88 bits per heavy atom. The van der Waals surface area contributed by atoms with Gasteiger partial charge in [0.25, 0.3) is 0 Å². The number of hydrogen-bond donors (Lipinski definition) is 0. The van der Waals surface area contributed by atoms with Gasteiger partial charge < -0.3 is 4.74 Å². The summed E-state index contributed by atoms with van der Waals surface area (Å²) >= 11 is 6.92. The number of benzene rings is 1. The minimum Gasteiger partial charge on any atom is -0.496 e. The summed E-state index contributed by atoms with van der Waals surface area (Å²) in [6.07, 6.45) is 2.15. The van der Waals surface area contributed by atoms with Gasteiger partial charge in [-0.25, -0.2) is 4.39 Å². The summed E-state index contributed by atoms with van der Waals surface area (Å²) in [5, 5.41) is 0. The molecule has 0 radical (unpaired) electrons. The Morgan fingerprint density at radius 1 is 1.29 bits per heavy atom. The standard InChI is InChI=1S/C13H17Br2FO/c1-4-8(5-2)13(15)9-6-10(14)11(16)7-12(9)17-3/h6-8,13H,4-5H2,1-3H3. The van der Waals surface area contributed by atoms with Crippen molar-refractivity contribution in [2.45, 2.75) is 31.5 Å². The predicted octanol–water partition coefficient (Wildman–Crippen LogP) is 5.47. The van der Waals surface area contributed by atoms with Crippen LogP contribution in [-0.2, 0) is 0 Å². The molecule has 0 amide bonds. The van der Waals surface area contributed by atoms with E-state index in [0.717, 1.165) is 18.4 Å². The average Bonchev–Trinajstić information content (AvgIpc) is 2.33. The molecule has 0 aromatic heterocycles. The van der Waals surface area contributed by atoms with Crippen LogP contribution >= 0.6 is 31.9 Å². The van der Waals surface area contributed by atoms with E-state index in [0.29, 0.717) is 16.1 Å². The minimum absolute atomic E-state index is 0.185. The van der Waals surface area contributed by atoms with Crippen LogP contribution < -0.4 is 4.74 Å². The molecular formula is C13H17Br2FO. The number of methoxy groups -OCH3 is 1. The van der Waals surface area contributed by atoms with Gasteiger partial charge in [-0.05, 0) is 27.9 Å². The Balaban J connectivity index is 3.15. The van der Waals surface area contributed by atoms with E-state index < -0.39 is 0 Å². The van der Waals surface area contributed by atoms with Gasteiger partial charge in [0.15, 0.2) is 0 Å². The van der Waals surface area contributed by atoms with Crippen molar-refractivity contribution in [3.63, 3.8) is 0 Å². The second kappa shape index (κ2) is 6.74. The van der Waals surface area contributed by atoms with Crippen molar-refractivity contribution in [3.05, 3.63) is 28.0 Å². The SMILES string of the molecule is CCC(CC)C(Br)c1cc(Br)c(F)cc1OC. The molecule has 1 rings (SSSR count). The molecule has 0 aliphatic carbocycles. The molecule has 0 bridgehead atoms. The summed E-state index contributed by atoms with van der Waals surface area (Å²) in [7, 11) is 1.57. The zero-order chi connectivity index (χ0) is 13.0. The van der Waals surface area contributed by atoms with E-state index in [1.807, 2.05) is 0 Å². The van der Waals surface area contributed by atoms with E-state index >= 15 is 0 Å². The van der Waals surface area contributed by atoms with Crippen molar-refractivity contribution >= 4 is 31.9 Å². The first kappa shape index (κ1) is 15.0. The molecule has 1 aromatic carbocycles. The number of hydrogen-bond acceptors (Lipinski definition) is 1. The van der Waals surface area contributed by atoms with E-state index in [9.17, 15) is 4.39 Å². The maximum absolute atomic E-state index is 13.4. The second-order valence-electron chi connectivity index (χ2n) is 3.99. The highest BCUT2D eigenvalue weighted by atomic mass is 79.9. The van der Waals surface area contributed by atoms with Crippen LogP contribution in [0.5, 0.6) is 5.75 Å². The van der Waals surface area contributed by atoms with E-state index in [4.69, 9.17) is 4.74 Å². The van der Waals surface area contributed by atoms with Gasteiger partial charge in [-0.3, -0.25) is 0 Å². The maximum atomic E-state index is 13.4. The number of ether oxygens (including phenoxy) is 1. The zero-order valence-electron chi connectivity index (χ0n) is 10.3. The molecule has 1 unspecified atom stereocenters. The molecule has 0 heterocycles. The maximum Gasteiger partial charge on any atom is 0.141 e. The lowest BCUT2D eigenvalue weighted by atomic mass is 9.94. The topological polar surface area (TPSA) is 9.23 Å². The van der Waals surface area contributed by atoms with E-state index in [-0.39, 0.29) is 10.6 Å². The molecule has 17 heavy (non-hydrogen) atoms. The summed E-state index contributed by atoms with van der Waals surface area (Å²) < 4.78 is 19.2. The zero-order valence-corrected chi connectivity index (χ0v) is 13.4. The Morgan fingerprint density at radius 3 is 2.35 bits per heavy atom.